The summed E-state index contributed by atoms with van der Waals surface area (Å²) in [5.74, 6) is 0.179. The first kappa shape index (κ1) is 23.0. The van der Waals surface area contributed by atoms with E-state index in [0.717, 1.165) is 29.5 Å². The number of hydrogen-bond acceptors (Lipinski definition) is 1. The van der Waals surface area contributed by atoms with Gasteiger partial charge in [0.05, 0.1) is 5.02 Å². The van der Waals surface area contributed by atoms with Crippen molar-refractivity contribution in [2.45, 2.75) is 25.7 Å². The van der Waals surface area contributed by atoms with Crippen molar-refractivity contribution >= 4 is 22.4 Å². The molecule has 33 heavy (non-hydrogen) atoms. The van der Waals surface area contributed by atoms with Gasteiger partial charge in [0.2, 0.25) is 0 Å². The fourth-order valence-corrected chi connectivity index (χ4v) is 4.02. The maximum atomic E-state index is 15.1. The van der Waals surface area contributed by atoms with Crippen LogP contribution in [0.5, 0.6) is 5.75 Å². The largest absolute Gasteiger partial charge is 0.490 e. The summed E-state index contributed by atoms with van der Waals surface area (Å²) < 4.78 is 34.3. The van der Waals surface area contributed by atoms with Gasteiger partial charge >= 0.3 is 0 Å². The number of benzene rings is 4. The first-order valence-electron chi connectivity index (χ1n) is 11.0. The third-order valence-electron chi connectivity index (χ3n) is 5.76. The molecule has 1 nitrogen and oxygen atoms in total. The van der Waals surface area contributed by atoms with Crippen LogP contribution in [0.1, 0.15) is 22.3 Å². The van der Waals surface area contributed by atoms with Crippen molar-refractivity contribution in [2.24, 2.45) is 0 Å². The number of hydrogen-bond donors (Lipinski definition) is 0. The zero-order chi connectivity index (χ0) is 23.2. The molecule has 0 saturated carbocycles. The van der Waals surface area contributed by atoms with E-state index in [9.17, 15) is 4.39 Å². The molecule has 0 N–H and O–H groups in total. The first-order valence-corrected chi connectivity index (χ1v) is 11.4. The number of fused-ring (bicyclic) bond motifs is 1. The predicted molar refractivity (Wildman–Crippen MR) is 132 cm³/mol. The molecular formula is C29H25ClF2O. The molecule has 0 heterocycles. The molecule has 0 unspecified atom stereocenters. The van der Waals surface area contributed by atoms with Gasteiger partial charge in [0.1, 0.15) is 24.0 Å². The van der Waals surface area contributed by atoms with Crippen molar-refractivity contribution < 1.29 is 13.5 Å². The molecule has 0 aromatic heterocycles. The van der Waals surface area contributed by atoms with Crippen LogP contribution in [0.25, 0.3) is 10.8 Å². The van der Waals surface area contributed by atoms with Crippen LogP contribution in [0.4, 0.5) is 8.78 Å². The molecule has 4 heteroatoms. The second-order valence-electron chi connectivity index (χ2n) is 8.09. The van der Waals surface area contributed by atoms with E-state index < -0.39 is 5.82 Å². The third kappa shape index (κ3) is 5.80. The van der Waals surface area contributed by atoms with E-state index >= 15 is 4.39 Å². The maximum absolute atomic E-state index is 15.1. The van der Waals surface area contributed by atoms with E-state index in [1.165, 1.54) is 23.3 Å². The van der Waals surface area contributed by atoms with Crippen LogP contribution in [0.2, 0.25) is 5.02 Å². The highest BCUT2D eigenvalue weighted by atomic mass is 35.5. The lowest BCUT2D eigenvalue weighted by atomic mass is 9.97. The minimum absolute atomic E-state index is 0.0981. The van der Waals surface area contributed by atoms with Gasteiger partial charge in [-0.25, -0.2) is 8.78 Å². The summed E-state index contributed by atoms with van der Waals surface area (Å²) in [5.41, 5.74) is 3.82. The molecule has 0 fully saturated rings. The number of aryl methyl sites for hydroxylation is 4. The maximum Gasteiger partial charge on any atom is 0.142 e. The second-order valence-corrected chi connectivity index (χ2v) is 8.49. The number of halogens is 3. The molecule has 0 bridgehead atoms. The van der Waals surface area contributed by atoms with E-state index in [1.54, 1.807) is 12.1 Å². The summed E-state index contributed by atoms with van der Waals surface area (Å²) in [6, 6.07) is 22.5. The Morgan fingerprint density at radius 2 is 1.42 bits per heavy atom. The van der Waals surface area contributed by atoms with E-state index in [2.05, 4.69) is 24.8 Å². The molecule has 4 rings (SSSR count). The number of ether oxygens (including phenoxy) is 1. The Balaban J connectivity index is 1.41. The number of rotatable bonds is 9. The molecule has 4 aromatic rings. The van der Waals surface area contributed by atoms with Crippen LogP contribution >= 0.6 is 11.6 Å². The quantitative estimate of drug-likeness (QED) is 0.230. The fraction of sp³-hybridized carbons (Fsp3) is 0.172. The minimum Gasteiger partial charge on any atom is -0.490 e. The summed E-state index contributed by atoms with van der Waals surface area (Å²) in [4.78, 5) is 0. The summed E-state index contributed by atoms with van der Waals surface area (Å²) in [7, 11) is 0. The topological polar surface area (TPSA) is 9.23 Å². The van der Waals surface area contributed by atoms with Gasteiger partial charge in [-0.2, -0.15) is 0 Å². The van der Waals surface area contributed by atoms with Crippen LogP contribution < -0.4 is 4.74 Å². The molecule has 168 valence electrons. The Labute approximate surface area is 198 Å². The fourth-order valence-electron chi connectivity index (χ4n) is 3.91. The van der Waals surface area contributed by atoms with Crippen molar-refractivity contribution in [1.82, 2.24) is 0 Å². The highest BCUT2D eigenvalue weighted by Crippen LogP contribution is 2.25. The summed E-state index contributed by atoms with van der Waals surface area (Å²) in [6.07, 6.45) is 4.53. The second kappa shape index (κ2) is 10.6. The van der Waals surface area contributed by atoms with Crippen molar-refractivity contribution in [3.63, 3.8) is 0 Å². The molecule has 0 spiro atoms. The van der Waals surface area contributed by atoms with Gasteiger partial charge in [-0.1, -0.05) is 72.8 Å². The van der Waals surface area contributed by atoms with Crippen LogP contribution in [-0.2, 0) is 25.7 Å². The molecule has 0 saturated heterocycles. The molecule has 0 aliphatic carbocycles. The van der Waals surface area contributed by atoms with Crippen LogP contribution in [0.15, 0.2) is 85.5 Å². The highest BCUT2D eigenvalue weighted by molar-refractivity contribution is 6.30. The van der Waals surface area contributed by atoms with E-state index in [-0.39, 0.29) is 10.8 Å². The smallest absolute Gasteiger partial charge is 0.142 e. The van der Waals surface area contributed by atoms with E-state index in [1.807, 2.05) is 36.4 Å². The zero-order valence-electron chi connectivity index (χ0n) is 18.3. The Kier molecular flexibility index (Phi) is 7.41. The first-order chi connectivity index (χ1) is 16.0. The van der Waals surface area contributed by atoms with Gasteiger partial charge in [-0.3, -0.25) is 0 Å². The normalized spacial score (nSPS) is 11.0. The third-order valence-corrected chi connectivity index (χ3v) is 6.07. The van der Waals surface area contributed by atoms with Gasteiger partial charge in [0.25, 0.3) is 0 Å². The van der Waals surface area contributed by atoms with Crippen molar-refractivity contribution in [3.05, 3.63) is 124 Å². The monoisotopic (exact) mass is 462 g/mol. The SMILES string of the molecule is C=CCOc1ccc(CCc2ccc3c(F)c(CCc4ccc(Cl)c(F)c4)ccc3c2)cc1. The van der Waals surface area contributed by atoms with Gasteiger partial charge in [-0.15, -0.1) is 0 Å². The van der Waals surface area contributed by atoms with Gasteiger partial charge in [0.15, 0.2) is 0 Å². The molecule has 0 aliphatic heterocycles. The highest BCUT2D eigenvalue weighted by Gasteiger charge is 2.10. The summed E-state index contributed by atoms with van der Waals surface area (Å²) >= 11 is 5.74. The average molecular weight is 463 g/mol. The van der Waals surface area contributed by atoms with Gasteiger partial charge in [-0.05, 0) is 77.6 Å². The molecular weight excluding hydrogens is 438 g/mol. The average Bonchev–Trinajstić information content (AvgIpc) is 2.83. The minimum atomic E-state index is -0.447. The lowest BCUT2D eigenvalue weighted by molar-refractivity contribution is 0.363. The van der Waals surface area contributed by atoms with Crippen molar-refractivity contribution in [1.29, 1.82) is 0 Å². The standard InChI is InChI=1S/C29H25ClF2O/c1-2-17-33-25-13-6-20(7-14-25)3-4-21-8-15-26-24(18-21)12-11-23(29(26)32)10-5-22-9-16-27(30)28(31)19-22/h2,6-9,11-16,18-19H,1,3-5,10,17H2. The summed E-state index contributed by atoms with van der Waals surface area (Å²) in [5, 5.41) is 1.60. The van der Waals surface area contributed by atoms with Gasteiger partial charge in [0, 0.05) is 5.39 Å². The van der Waals surface area contributed by atoms with E-state index in [0.29, 0.717) is 30.4 Å². The Hall–Kier alpha value is -3.17. The Morgan fingerprint density at radius 3 is 2.18 bits per heavy atom. The van der Waals surface area contributed by atoms with Gasteiger partial charge < -0.3 is 4.74 Å². The lowest BCUT2D eigenvalue weighted by Crippen LogP contribution is -1.97. The molecule has 0 atom stereocenters. The van der Waals surface area contributed by atoms with Crippen LogP contribution in [0, 0.1) is 11.6 Å². The van der Waals surface area contributed by atoms with Crippen molar-refractivity contribution in [2.75, 3.05) is 6.61 Å². The Morgan fingerprint density at radius 1 is 0.758 bits per heavy atom. The Bertz CT molecular complexity index is 1260. The molecule has 0 radical (unpaired) electrons. The predicted octanol–water partition coefficient (Wildman–Crippen LogP) is 7.91. The zero-order valence-corrected chi connectivity index (χ0v) is 19.0. The van der Waals surface area contributed by atoms with Crippen molar-refractivity contribution in [3.8, 4) is 5.75 Å². The molecule has 0 aliphatic rings. The van der Waals surface area contributed by atoms with E-state index in [4.69, 9.17) is 16.3 Å². The van der Waals surface area contributed by atoms with Crippen LogP contribution in [0.3, 0.4) is 0 Å². The molecule has 0 amide bonds. The lowest BCUT2D eigenvalue weighted by Gasteiger charge is -2.10. The van der Waals surface area contributed by atoms with Crippen LogP contribution in [-0.4, -0.2) is 6.61 Å². The summed E-state index contributed by atoms with van der Waals surface area (Å²) in [6.45, 7) is 4.14. The molecule has 4 aromatic carbocycles.